The number of rotatable bonds is 9. The molecule has 7 nitrogen and oxygen atoms in total. The Labute approximate surface area is 252 Å². The highest BCUT2D eigenvalue weighted by Crippen LogP contribution is 2.38. The predicted molar refractivity (Wildman–Crippen MR) is 166 cm³/mol. The van der Waals surface area contributed by atoms with Gasteiger partial charge in [-0.15, -0.1) is 21.5 Å². The smallest absolute Gasteiger partial charge is 0.262 e. The number of hydrogen-bond donors (Lipinski definition) is 0. The number of ether oxygens (including phenoxy) is 1. The Morgan fingerprint density at radius 1 is 0.907 bits per heavy atom. The fourth-order valence-corrected chi connectivity index (χ4v) is 6.19. The maximum Gasteiger partial charge on any atom is 0.262 e. The summed E-state index contributed by atoms with van der Waals surface area (Å²) in [6, 6.07) is 26.1. The maximum atomic E-state index is 15.3. The highest BCUT2D eigenvalue weighted by atomic mass is 32.1. The van der Waals surface area contributed by atoms with Gasteiger partial charge in [0.1, 0.15) is 12.4 Å². The lowest BCUT2D eigenvalue weighted by Gasteiger charge is -2.18. The highest BCUT2D eigenvalue weighted by Gasteiger charge is 2.24. The number of para-hydroxylation sites is 1. The van der Waals surface area contributed by atoms with Gasteiger partial charge in [-0.1, -0.05) is 66.7 Å². The van der Waals surface area contributed by atoms with Crippen LogP contribution in [0, 0.1) is 26.6 Å². The molecule has 6 aromatic rings. The lowest BCUT2D eigenvalue weighted by atomic mass is 10.1. The summed E-state index contributed by atoms with van der Waals surface area (Å²) < 4.78 is 28.7. The van der Waals surface area contributed by atoms with E-state index in [0.29, 0.717) is 47.4 Å². The summed E-state index contributed by atoms with van der Waals surface area (Å²) in [5.74, 6) is 0.770. The molecule has 0 fully saturated rings. The molecule has 0 spiro atoms. The average molecular weight is 593 g/mol. The van der Waals surface area contributed by atoms with E-state index in [1.54, 1.807) is 30.5 Å². The Balaban J connectivity index is 1.47. The monoisotopic (exact) mass is 592 g/mol. The van der Waals surface area contributed by atoms with E-state index in [1.165, 1.54) is 17.4 Å². The predicted octanol–water partition coefficient (Wildman–Crippen LogP) is 7.57. The van der Waals surface area contributed by atoms with Crippen LogP contribution < -0.4 is 10.3 Å². The van der Waals surface area contributed by atoms with Gasteiger partial charge in [-0.25, -0.2) is 9.37 Å². The van der Waals surface area contributed by atoms with Gasteiger partial charge in [0, 0.05) is 18.3 Å². The van der Waals surface area contributed by atoms with Crippen LogP contribution in [-0.2, 0) is 19.6 Å². The summed E-state index contributed by atoms with van der Waals surface area (Å²) in [4.78, 5) is 20.9. The van der Waals surface area contributed by atoms with E-state index in [9.17, 15) is 4.79 Å². The fourth-order valence-electron chi connectivity index (χ4n) is 5.01. The number of nitrogens with zero attached hydrogens (tertiary/aromatic N) is 4. The molecular formula is C34H29FN4O3S. The molecule has 0 saturated carbocycles. The fraction of sp³-hybridized carbons (Fsp3) is 0.176. The van der Waals surface area contributed by atoms with Crippen molar-refractivity contribution in [2.45, 2.75) is 40.3 Å². The van der Waals surface area contributed by atoms with Gasteiger partial charge in [0.15, 0.2) is 11.6 Å². The second-order valence-electron chi connectivity index (χ2n) is 10.2. The normalized spacial score (nSPS) is 11.2. The van der Waals surface area contributed by atoms with Gasteiger partial charge in [0.2, 0.25) is 5.89 Å². The van der Waals surface area contributed by atoms with Crippen LogP contribution >= 0.6 is 11.3 Å². The molecule has 0 aliphatic heterocycles. The quantitative estimate of drug-likeness (QED) is 0.172. The lowest BCUT2D eigenvalue weighted by Crippen LogP contribution is -2.27. The number of hydrogen-bond acceptors (Lipinski definition) is 7. The van der Waals surface area contributed by atoms with Crippen LogP contribution in [0.25, 0.3) is 32.6 Å². The molecule has 3 aromatic carbocycles. The molecule has 6 rings (SSSR count). The Hall–Kier alpha value is -4.89. The summed E-state index contributed by atoms with van der Waals surface area (Å²) in [5.41, 5.74) is 4.11. The first-order valence-corrected chi connectivity index (χ1v) is 14.7. The number of thiophene rings is 1. The first kappa shape index (κ1) is 28.2. The second kappa shape index (κ2) is 12.1. The molecule has 0 amide bonds. The van der Waals surface area contributed by atoms with Crippen molar-refractivity contribution in [3.63, 3.8) is 0 Å². The van der Waals surface area contributed by atoms with Gasteiger partial charge in [-0.05, 0) is 55.2 Å². The van der Waals surface area contributed by atoms with E-state index >= 15 is 4.39 Å². The second-order valence-corrected chi connectivity index (χ2v) is 11.3. The first-order chi connectivity index (χ1) is 20.9. The molecular weight excluding hydrogens is 563 g/mol. The SMILES string of the molecule is Cc1nnc(-c2sc(-c3c(C)nc(-c4cccc(F)c4OCc4ccccc4)n(CCc4ccccc4)c3=O)cc2C)o1. The lowest BCUT2D eigenvalue weighted by molar-refractivity contribution is 0.291. The van der Waals surface area contributed by atoms with Crippen molar-refractivity contribution in [1.82, 2.24) is 19.7 Å². The zero-order valence-corrected chi connectivity index (χ0v) is 24.8. The Bertz CT molecular complexity index is 1950. The minimum atomic E-state index is -0.521. The average Bonchev–Trinajstić information content (AvgIpc) is 3.61. The number of halogens is 1. The van der Waals surface area contributed by atoms with E-state index in [4.69, 9.17) is 14.1 Å². The molecule has 0 radical (unpaired) electrons. The summed E-state index contributed by atoms with van der Waals surface area (Å²) >= 11 is 1.41. The van der Waals surface area contributed by atoms with E-state index in [2.05, 4.69) is 10.2 Å². The highest BCUT2D eigenvalue weighted by molar-refractivity contribution is 7.19. The van der Waals surface area contributed by atoms with Crippen molar-refractivity contribution < 1.29 is 13.5 Å². The number of benzene rings is 3. The van der Waals surface area contributed by atoms with Crippen LogP contribution in [0.3, 0.4) is 0 Å². The molecule has 0 atom stereocenters. The molecule has 0 aliphatic carbocycles. The molecule has 0 unspecified atom stereocenters. The van der Waals surface area contributed by atoms with Gasteiger partial charge in [-0.2, -0.15) is 0 Å². The summed E-state index contributed by atoms with van der Waals surface area (Å²) in [7, 11) is 0. The largest absolute Gasteiger partial charge is 0.485 e. The van der Waals surface area contributed by atoms with Crippen LogP contribution in [0.4, 0.5) is 4.39 Å². The van der Waals surface area contributed by atoms with Crippen LogP contribution in [0.2, 0.25) is 0 Å². The summed E-state index contributed by atoms with van der Waals surface area (Å²) in [5, 5.41) is 8.12. The third kappa shape index (κ3) is 5.89. The third-order valence-corrected chi connectivity index (χ3v) is 8.38. The van der Waals surface area contributed by atoms with Gasteiger partial charge < -0.3 is 9.15 Å². The molecule has 0 bridgehead atoms. The summed E-state index contributed by atoms with van der Waals surface area (Å²) in [6.45, 7) is 6.00. The van der Waals surface area contributed by atoms with E-state index in [0.717, 1.165) is 26.4 Å². The standard InChI is InChI=1S/C34H29FN4O3S/c1-21-19-28(43-31(21)33-38-37-23(3)42-33)29-22(2)36-32(39(34(29)40)18-17-24-11-6-4-7-12-24)26-15-10-16-27(35)30(26)41-20-25-13-8-5-9-14-25/h4-16,19H,17-18,20H2,1-3H3. The van der Waals surface area contributed by atoms with Gasteiger partial charge in [0.05, 0.1) is 21.7 Å². The van der Waals surface area contributed by atoms with Crippen molar-refractivity contribution in [2.75, 3.05) is 0 Å². The maximum absolute atomic E-state index is 15.3. The van der Waals surface area contributed by atoms with Crippen molar-refractivity contribution in [1.29, 1.82) is 0 Å². The molecule has 9 heteroatoms. The first-order valence-electron chi connectivity index (χ1n) is 13.9. The third-order valence-electron chi connectivity index (χ3n) is 7.14. The summed E-state index contributed by atoms with van der Waals surface area (Å²) in [6.07, 6.45) is 0.587. The zero-order valence-electron chi connectivity index (χ0n) is 24.0. The van der Waals surface area contributed by atoms with Gasteiger partial charge in [-0.3, -0.25) is 9.36 Å². The Morgan fingerprint density at radius 2 is 1.63 bits per heavy atom. The van der Waals surface area contributed by atoms with Crippen molar-refractivity contribution in [2.24, 2.45) is 0 Å². The molecule has 43 heavy (non-hydrogen) atoms. The molecule has 216 valence electrons. The minimum Gasteiger partial charge on any atom is -0.485 e. The van der Waals surface area contributed by atoms with E-state index in [-0.39, 0.29) is 17.9 Å². The van der Waals surface area contributed by atoms with Crippen LogP contribution in [-0.4, -0.2) is 19.7 Å². The van der Waals surface area contributed by atoms with Crippen molar-refractivity contribution in [3.05, 3.63) is 129 Å². The Kier molecular flexibility index (Phi) is 7.98. The molecule has 0 saturated heterocycles. The number of aromatic nitrogens is 4. The van der Waals surface area contributed by atoms with Crippen LogP contribution in [0.5, 0.6) is 5.75 Å². The van der Waals surface area contributed by atoms with E-state index < -0.39 is 5.82 Å². The molecule has 0 aliphatic rings. The van der Waals surface area contributed by atoms with Crippen LogP contribution in [0.15, 0.2) is 94.1 Å². The van der Waals surface area contributed by atoms with Crippen molar-refractivity contribution in [3.8, 4) is 38.3 Å². The van der Waals surface area contributed by atoms with E-state index in [1.807, 2.05) is 73.7 Å². The van der Waals surface area contributed by atoms with Crippen LogP contribution in [0.1, 0.15) is 28.3 Å². The number of aryl methyl sites for hydroxylation is 4. The van der Waals surface area contributed by atoms with Gasteiger partial charge in [0.25, 0.3) is 11.4 Å². The molecule has 3 heterocycles. The zero-order chi connectivity index (χ0) is 29.9. The van der Waals surface area contributed by atoms with Gasteiger partial charge >= 0.3 is 0 Å². The molecule has 3 aromatic heterocycles. The molecule has 0 N–H and O–H groups in total. The topological polar surface area (TPSA) is 83.0 Å². The minimum absolute atomic E-state index is 0.0554. The van der Waals surface area contributed by atoms with Crippen molar-refractivity contribution >= 4 is 11.3 Å². The Morgan fingerprint density at radius 3 is 2.33 bits per heavy atom.